The molecule has 20 heavy (non-hydrogen) atoms. The van der Waals surface area contributed by atoms with Gasteiger partial charge in [0.15, 0.2) is 0 Å². The molecule has 3 rings (SSSR count). The summed E-state index contributed by atoms with van der Waals surface area (Å²) in [6, 6.07) is 19.8. The van der Waals surface area contributed by atoms with Crippen LogP contribution in [0.1, 0.15) is 36.0 Å². The van der Waals surface area contributed by atoms with Gasteiger partial charge in [-0.05, 0) is 48.6 Å². The molecule has 1 atom stereocenters. The van der Waals surface area contributed by atoms with Crippen molar-refractivity contribution in [1.29, 1.82) is 0 Å². The van der Waals surface area contributed by atoms with E-state index < -0.39 is 0 Å². The molecule has 0 fully saturated rings. The van der Waals surface area contributed by atoms with Crippen LogP contribution >= 0.6 is 0 Å². The number of benzene rings is 2. The lowest BCUT2D eigenvalue weighted by Gasteiger charge is -2.39. The van der Waals surface area contributed by atoms with Gasteiger partial charge in [0.2, 0.25) is 0 Å². The lowest BCUT2D eigenvalue weighted by molar-refractivity contribution is 0.431. The molecular formula is C19H21N. The van der Waals surface area contributed by atoms with Gasteiger partial charge in [-0.25, -0.2) is 0 Å². The lowest BCUT2D eigenvalue weighted by Crippen LogP contribution is -2.31. The minimum atomic E-state index is 0.0893. The van der Waals surface area contributed by atoms with Crippen molar-refractivity contribution in [3.8, 4) is 0 Å². The van der Waals surface area contributed by atoms with Gasteiger partial charge < -0.3 is 5.73 Å². The van der Waals surface area contributed by atoms with Crippen molar-refractivity contribution < 1.29 is 0 Å². The highest BCUT2D eigenvalue weighted by molar-refractivity contribution is 5.46. The highest BCUT2D eigenvalue weighted by Gasteiger charge is 2.36. The zero-order valence-corrected chi connectivity index (χ0v) is 11.8. The number of allylic oxidation sites excluding steroid dienone is 1. The standard InChI is InChI=1S/C19H21N/c20-15-7-14-19(17-10-2-1-3-11-17)13-6-9-16-8-4-5-12-18(16)19/h1-5,7-8,10-12,15H,6,9,13-14,20H2. The Bertz CT molecular complexity index is 600. The second kappa shape index (κ2) is 5.54. The van der Waals surface area contributed by atoms with Crippen LogP contribution in [0.2, 0.25) is 0 Å². The first-order chi connectivity index (χ1) is 9.87. The smallest absolute Gasteiger partial charge is 0.0240 e. The van der Waals surface area contributed by atoms with Gasteiger partial charge in [-0.15, -0.1) is 0 Å². The van der Waals surface area contributed by atoms with E-state index in [9.17, 15) is 0 Å². The van der Waals surface area contributed by atoms with E-state index in [1.807, 2.05) is 0 Å². The summed E-state index contributed by atoms with van der Waals surface area (Å²) in [5.41, 5.74) is 10.1. The van der Waals surface area contributed by atoms with E-state index in [-0.39, 0.29) is 5.41 Å². The van der Waals surface area contributed by atoms with Crippen LogP contribution in [0, 0.1) is 0 Å². The SMILES string of the molecule is NC=CCC1(c2ccccc2)CCCc2ccccc21. The molecule has 0 aromatic heterocycles. The molecule has 1 unspecified atom stereocenters. The van der Waals surface area contributed by atoms with Gasteiger partial charge in [0.05, 0.1) is 0 Å². The van der Waals surface area contributed by atoms with Crippen molar-refractivity contribution in [2.75, 3.05) is 0 Å². The first kappa shape index (κ1) is 13.0. The van der Waals surface area contributed by atoms with Crippen LogP contribution < -0.4 is 5.73 Å². The Kier molecular flexibility index (Phi) is 3.60. The molecule has 0 radical (unpaired) electrons. The van der Waals surface area contributed by atoms with Crippen molar-refractivity contribution in [3.63, 3.8) is 0 Å². The highest BCUT2D eigenvalue weighted by Crippen LogP contribution is 2.45. The van der Waals surface area contributed by atoms with E-state index >= 15 is 0 Å². The molecule has 0 bridgehead atoms. The normalized spacial score (nSPS) is 21.8. The average molecular weight is 263 g/mol. The second-order valence-corrected chi connectivity index (χ2v) is 5.59. The Balaban J connectivity index is 2.17. The number of rotatable bonds is 3. The van der Waals surface area contributed by atoms with Crippen LogP contribution in [0.15, 0.2) is 66.9 Å². The van der Waals surface area contributed by atoms with Crippen molar-refractivity contribution in [2.45, 2.75) is 31.1 Å². The summed E-state index contributed by atoms with van der Waals surface area (Å²) in [6.45, 7) is 0. The van der Waals surface area contributed by atoms with Gasteiger partial charge in [-0.1, -0.05) is 60.7 Å². The topological polar surface area (TPSA) is 26.0 Å². The molecule has 1 aliphatic carbocycles. The predicted molar refractivity (Wildman–Crippen MR) is 84.5 cm³/mol. The molecular weight excluding hydrogens is 242 g/mol. The molecule has 1 nitrogen and oxygen atoms in total. The van der Waals surface area contributed by atoms with Crippen molar-refractivity contribution in [1.82, 2.24) is 0 Å². The minimum absolute atomic E-state index is 0.0893. The third kappa shape index (κ3) is 2.14. The highest BCUT2D eigenvalue weighted by atomic mass is 14.5. The predicted octanol–water partition coefficient (Wildman–Crippen LogP) is 4.17. The molecule has 102 valence electrons. The molecule has 0 saturated heterocycles. The Morgan fingerprint density at radius 3 is 2.55 bits per heavy atom. The second-order valence-electron chi connectivity index (χ2n) is 5.59. The molecule has 2 aromatic carbocycles. The van der Waals surface area contributed by atoms with Gasteiger partial charge in [0, 0.05) is 5.41 Å². The van der Waals surface area contributed by atoms with Crippen LogP contribution in [0.3, 0.4) is 0 Å². The number of aryl methyl sites for hydroxylation is 1. The average Bonchev–Trinajstić information content (AvgIpc) is 2.54. The fourth-order valence-electron chi connectivity index (χ4n) is 3.58. The van der Waals surface area contributed by atoms with Gasteiger partial charge in [-0.3, -0.25) is 0 Å². The number of fused-ring (bicyclic) bond motifs is 1. The largest absolute Gasteiger partial charge is 0.405 e. The maximum atomic E-state index is 5.62. The third-order valence-corrected chi connectivity index (χ3v) is 4.51. The van der Waals surface area contributed by atoms with Crippen molar-refractivity contribution in [3.05, 3.63) is 83.6 Å². The fourth-order valence-corrected chi connectivity index (χ4v) is 3.58. The van der Waals surface area contributed by atoms with Crippen LogP contribution in [-0.2, 0) is 11.8 Å². The van der Waals surface area contributed by atoms with E-state index in [1.54, 1.807) is 6.20 Å². The Morgan fingerprint density at radius 1 is 1.00 bits per heavy atom. The first-order valence-electron chi connectivity index (χ1n) is 7.37. The van der Waals surface area contributed by atoms with Gasteiger partial charge in [-0.2, -0.15) is 0 Å². The van der Waals surface area contributed by atoms with Crippen LogP contribution in [-0.4, -0.2) is 0 Å². The van der Waals surface area contributed by atoms with E-state index in [0.29, 0.717) is 0 Å². The molecule has 0 aliphatic heterocycles. The van der Waals surface area contributed by atoms with E-state index in [2.05, 4.69) is 60.7 Å². The maximum absolute atomic E-state index is 5.62. The van der Waals surface area contributed by atoms with Gasteiger partial charge in [0.1, 0.15) is 0 Å². The molecule has 1 aliphatic rings. The van der Waals surface area contributed by atoms with E-state index in [4.69, 9.17) is 5.73 Å². The van der Waals surface area contributed by atoms with Crippen molar-refractivity contribution >= 4 is 0 Å². The molecule has 0 saturated carbocycles. The molecule has 1 heteroatoms. The Hall–Kier alpha value is -2.02. The number of hydrogen-bond acceptors (Lipinski definition) is 1. The summed E-state index contributed by atoms with van der Waals surface area (Å²) in [4.78, 5) is 0. The third-order valence-electron chi connectivity index (χ3n) is 4.51. The van der Waals surface area contributed by atoms with E-state index in [1.165, 1.54) is 36.0 Å². The number of nitrogens with two attached hydrogens (primary N) is 1. The summed E-state index contributed by atoms with van der Waals surface area (Å²) in [6.07, 6.45) is 8.39. The van der Waals surface area contributed by atoms with E-state index in [0.717, 1.165) is 6.42 Å². The number of hydrogen-bond donors (Lipinski definition) is 1. The zero-order chi connectivity index (χ0) is 13.8. The molecule has 2 N–H and O–H groups in total. The summed E-state index contributed by atoms with van der Waals surface area (Å²) in [5, 5.41) is 0. The summed E-state index contributed by atoms with van der Waals surface area (Å²) in [7, 11) is 0. The Labute approximate surface area is 121 Å². The Morgan fingerprint density at radius 2 is 1.75 bits per heavy atom. The van der Waals surface area contributed by atoms with Gasteiger partial charge >= 0.3 is 0 Å². The zero-order valence-electron chi connectivity index (χ0n) is 11.8. The first-order valence-corrected chi connectivity index (χ1v) is 7.37. The van der Waals surface area contributed by atoms with Crippen molar-refractivity contribution in [2.24, 2.45) is 5.73 Å². The summed E-state index contributed by atoms with van der Waals surface area (Å²) < 4.78 is 0. The van der Waals surface area contributed by atoms with Crippen LogP contribution in [0.25, 0.3) is 0 Å². The monoisotopic (exact) mass is 263 g/mol. The quantitative estimate of drug-likeness (QED) is 0.883. The van der Waals surface area contributed by atoms with Gasteiger partial charge in [0.25, 0.3) is 0 Å². The molecule has 2 aromatic rings. The molecule has 0 heterocycles. The summed E-state index contributed by atoms with van der Waals surface area (Å²) >= 11 is 0. The summed E-state index contributed by atoms with van der Waals surface area (Å²) in [5.74, 6) is 0. The minimum Gasteiger partial charge on any atom is -0.405 e. The molecule has 0 amide bonds. The fraction of sp³-hybridized carbons (Fsp3) is 0.263. The van der Waals surface area contributed by atoms with Crippen LogP contribution in [0.4, 0.5) is 0 Å². The lowest BCUT2D eigenvalue weighted by atomic mass is 9.64. The van der Waals surface area contributed by atoms with Crippen LogP contribution in [0.5, 0.6) is 0 Å². The molecule has 0 spiro atoms. The maximum Gasteiger partial charge on any atom is 0.0240 e.